The molecule has 8 nitrogen and oxygen atoms in total. The number of carbonyl (C=O) groups is 1. The van der Waals surface area contributed by atoms with Gasteiger partial charge in [0.1, 0.15) is 11.4 Å². The highest BCUT2D eigenvalue weighted by Gasteiger charge is 2.44. The summed E-state index contributed by atoms with van der Waals surface area (Å²) in [6, 6.07) is 0. The van der Waals surface area contributed by atoms with Gasteiger partial charge in [0.15, 0.2) is 0 Å². The highest BCUT2D eigenvalue weighted by atomic mass is 32.2. The Balaban J connectivity index is 3.28. The number of carbonyl (C=O) groups excluding carboxylic acids is 1. The maximum absolute atomic E-state index is 14.4. The lowest BCUT2D eigenvalue weighted by Crippen LogP contribution is -2.63. The zero-order chi connectivity index (χ0) is 21.2. The van der Waals surface area contributed by atoms with Gasteiger partial charge in [0.25, 0.3) is 0 Å². The Morgan fingerprint density at radius 1 is 1.44 bits per heavy atom. The molecule has 1 amide bonds. The number of allylic oxidation sites excluding steroid dienone is 3. The number of rotatable bonds is 3. The summed E-state index contributed by atoms with van der Waals surface area (Å²) < 4.78 is 45.3. The minimum absolute atomic E-state index is 0.117. The quantitative estimate of drug-likeness (QED) is 0.700. The summed E-state index contributed by atoms with van der Waals surface area (Å²) in [5, 5.41) is 2.78. The largest absolute Gasteiger partial charge is 0.442 e. The highest BCUT2D eigenvalue weighted by molar-refractivity contribution is 7.89. The number of nitrogens with two attached hydrogens (primary N) is 1. The SMILES string of the molecule is C=C(/C(F)=C\C=C(/C)N)[C@]1(C)CS(=O)(=O)N(C)/C(=N/C(=O)OC(C)(C)C)N1. The van der Waals surface area contributed by atoms with Crippen molar-refractivity contribution in [2.75, 3.05) is 12.8 Å². The second kappa shape index (κ2) is 7.71. The number of amides is 1. The summed E-state index contributed by atoms with van der Waals surface area (Å²) in [6.45, 7) is 11.7. The van der Waals surface area contributed by atoms with Crippen molar-refractivity contribution in [2.24, 2.45) is 10.7 Å². The second-order valence-corrected chi connectivity index (χ2v) is 9.50. The van der Waals surface area contributed by atoms with Crippen LogP contribution in [0.2, 0.25) is 0 Å². The minimum Gasteiger partial charge on any atom is -0.442 e. The minimum atomic E-state index is -3.88. The van der Waals surface area contributed by atoms with Crippen molar-refractivity contribution in [1.29, 1.82) is 0 Å². The van der Waals surface area contributed by atoms with Gasteiger partial charge in [-0.15, -0.1) is 4.99 Å². The fourth-order valence-corrected chi connectivity index (χ4v) is 3.68. The van der Waals surface area contributed by atoms with E-state index in [2.05, 4.69) is 16.9 Å². The van der Waals surface area contributed by atoms with Crippen LogP contribution < -0.4 is 11.1 Å². The zero-order valence-electron chi connectivity index (χ0n) is 16.5. The molecule has 0 aromatic carbocycles. The molecule has 1 atom stereocenters. The molecular weight excluding hydrogens is 375 g/mol. The molecule has 1 fully saturated rings. The van der Waals surface area contributed by atoms with Gasteiger partial charge in [-0.25, -0.2) is 21.9 Å². The summed E-state index contributed by atoms with van der Waals surface area (Å²) in [5.74, 6) is -1.50. The average molecular weight is 402 g/mol. The Labute approximate surface area is 159 Å². The van der Waals surface area contributed by atoms with Crippen molar-refractivity contribution in [1.82, 2.24) is 9.62 Å². The van der Waals surface area contributed by atoms with Gasteiger partial charge in [-0.2, -0.15) is 0 Å². The summed E-state index contributed by atoms with van der Waals surface area (Å²) in [4.78, 5) is 15.7. The molecule has 3 N–H and O–H groups in total. The van der Waals surface area contributed by atoms with E-state index in [0.29, 0.717) is 5.70 Å². The Hall–Kier alpha value is -2.36. The van der Waals surface area contributed by atoms with E-state index in [9.17, 15) is 17.6 Å². The van der Waals surface area contributed by atoms with Crippen molar-refractivity contribution in [3.63, 3.8) is 0 Å². The van der Waals surface area contributed by atoms with E-state index in [1.54, 1.807) is 27.7 Å². The normalized spacial score (nSPS) is 25.1. The van der Waals surface area contributed by atoms with E-state index in [4.69, 9.17) is 10.5 Å². The first-order valence-electron chi connectivity index (χ1n) is 8.13. The van der Waals surface area contributed by atoms with Crippen molar-refractivity contribution >= 4 is 22.1 Å². The van der Waals surface area contributed by atoms with Gasteiger partial charge in [0.2, 0.25) is 16.0 Å². The monoisotopic (exact) mass is 402 g/mol. The van der Waals surface area contributed by atoms with Crippen LogP contribution in [0.1, 0.15) is 34.6 Å². The van der Waals surface area contributed by atoms with E-state index in [-0.39, 0.29) is 11.5 Å². The van der Waals surface area contributed by atoms with Crippen LogP contribution in [-0.2, 0) is 14.8 Å². The number of ether oxygens (including phenoxy) is 1. The van der Waals surface area contributed by atoms with Gasteiger partial charge in [-0.3, -0.25) is 0 Å². The van der Waals surface area contributed by atoms with E-state index < -0.39 is 38.8 Å². The molecule has 1 aliphatic heterocycles. The first kappa shape index (κ1) is 22.7. The van der Waals surface area contributed by atoms with Crippen LogP contribution in [0.5, 0.6) is 0 Å². The van der Waals surface area contributed by atoms with Gasteiger partial charge >= 0.3 is 6.09 Å². The number of halogens is 1. The molecule has 0 aromatic rings. The van der Waals surface area contributed by atoms with Gasteiger partial charge in [-0.1, -0.05) is 6.58 Å². The molecule has 152 valence electrons. The van der Waals surface area contributed by atoms with Crippen molar-refractivity contribution in [3.8, 4) is 0 Å². The van der Waals surface area contributed by atoms with Crippen LogP contribution in [0, 0.1) is 0 Å². The topological polar surface area (TPSA) is 114 Å². The number of guanidine groups is 1. The van der Waals surface area contributed by atoms with E-state index >= 15 is 0 Å². The lowest BCUT2D eigenvalue weighted by atomic mass is 9.93. The number of aliphatic imine (C=N–C) groups is 1. The van der Waals surface area contributed by atoms with E-state index in [1.165, 1.54) is 20.0 Å². The van der Waals surface area contributed by atoms with Crippen LogP contribution >= 0.6 is 0 Å². The van der Waals surface area contributed by atoms with Gasteiger partial charge in [0, 0.05) is 18.3 Å². The summed E-state index contributed by atoms with van der Waals surface area (Å²) in [5.41, 5.74) is 3.50. The van der Waals surface area contributed by atoms with Crippen LogP contribution in [0.25, 0.3) is 0 Å². The number of hydrogen-bond acceptors (Lipinski definition) is 5. The summed E-state index contributed by atoms with van der Waals surface area (Å²) >= 11 is 0. The van der Waals surface area contributed by atoms with Gasteiger partial charge < -0.3 is 15.8 Å². The lowest BCUT2D eigenvalue weighted by Gasteiger charge is -2.41. The number of hydrogen-bond donors (Lipinski definition) is 2. The predicted octanol–water partition coefficient (Wildman–Crippen LogP) is 2.17. The van der Waals surface area contributed by atoms with E-state index in [0.717, 1.165) is 10.4 Å². The second-order valence-electron chi connectivity index (χ2n) is 7.50. The predicted molar refractivity (Wildman–Crippen MR) is 103 cm³/mol. The smallest absolute Gasteiger partial charge is 0.437 e. The lowest BCUT2D eigenvalue weighted by molar-refractivity contribution is 0.0602. The average Bonchev–Trinajstić information content (AvgIpc) is 2.46. The molecule has 1 rings (SSSR count). The fourth-order valence-electron chi connectivity index (χ4n) is 2.16. The van der Waals surface area contributed by atoms with Gasteiger partial charge in [0.05, 0.1) is 11.3 Å². The summed E-state index contributed by atoms with van der Waals surface area (Å²) in [6.07, 6.45) is 1.46. The maximum Gasteiger partial charge on any atom is 0.437 e. The first-order valence-corrected chi connectivity index (χ1v) is 9.74. The molecule has 0 aromatic heterocycles. The standard InChI is InChI=1S/C17H27FN4O4S/c1-11(19)8-9-13(18)12(2)17(6)10-27(24,25)22(7)14(21-17)20-15(23)26-16(3,4)5/h8-9H,2,10,19H2,1,3-7H3,(H,20,21,23)/b11-8+,13-9+/t17-/m0/s1. The molecule has 0 aliphatic carbocycles. The Kier molecular flexibility index (Phi) is 6.48. The molecule has 1 heterocycles. The van der Waals surface area contributed by atoms with Crippen molar-refractivity contribution < 1.29 is 22.3 Å². The molecular formula is C17H27FN4O4S. The van der Waals surface area contributed by atoms with Crippen LogP contribution in [0.3, 0.4) is 0 Å². The fraction of sp³-hybridized carbons (Fsp3) is 0.529. The maximum atomic E-state index is 14.4. The first-order chi connectivity index (χ1) is 12.1. The Morgan fingerprint density at radius 2 is 2.00 bits per heavy atom. The molecule has 0 radical (unpaired) electrons. The number of nitrogens with one attached hydrogen (secondary N) is 1. The third-order valence-corrected chi connectivity index (χ3v) is 5.56. The molecule has 0 saturated carbocycles. The molecule has 0 spiro atoms. The van der Waals surface area contributed by atoms with Crippen LogP contribution in [0.4, 0.5) is 9.18 Å². The molecule has 0 bridgehead atoms. The van der Waals surface area contributed by atoms with Crippen molar-refractivity contribution in [2.45, 2.75) is 45.8 Å². The number of nitrogens with zero attached hydrogens (tertiary/aromatic N) is 2. The van der Waals surface area contributed by atoms with Crippen LogP contribution in [0.15, 0.2) is 40.8 Å². The highest BCUT2D eigenvalue weighted by Crippen LogP contribution is 2.29. The van der Waals surface area contributed by atoms with Crippen LogP contribution in [-0.4, -0.2) is 48.7 Å². The number of sulfonamides is 1. The van der Waals surface area contributed by atoms with Gasteiger partial charge in [-0.05, 0) is 46.8 Å². The summed E-state index contributed by atoms with van der Waals surface area (Å²) in [7, 11) is -2.64. The molecule has 1 aliphatic rings. The Bertz CT molecular complexity index is 820. The third-order valence-electron chi connectivity index (χ3n) is 3.61. The third kappa shape index (κ3) is 6.09. The van der Waals surface area contributed by atoms with E-state index in [1.807, 2.05) is 0 Å². The molecule has 27 heavy (non-hydrogen) atoms. The molecule has 1 saturated heterocycles. The molecule has 10 heteroatoms. The van der Waals surface area contributed by atoms with Crippen molar-refractivity contribution in [3.05, 3.63) is 35.8 Å². The molecule has 0 unspecified atom stereocenters. The Morgan fingerprint density at radius 3 is 2.48 bits per heavy atom. The zero-order valence-corrected chi connectivity index (χ0v) is 17.3.